The highest BCUT2D eigenvalue weighted by atomic mass is 79.9. The molecule has 0 aliphatic carbocycles. The lowest BCUT2D eigenvalue weighted by atomic mass is 10.1. The van der Waals surface area contributed by atoms with Crippen LogP contribution in [0.1, 0.15) is 19.4 Å². The molecule has 0 radical (unpaired) electrons. The Morgan fingerprint density at radius 3 is 2.59 bits per heavy atom. The van der Waals surface area contributed by atoms with Crippen molar-refractivity contribution in [2.75, 3.05) is 20.6 Å². The number of nitrogens with one attached hydrogen (secondary N) is 1. The minimum absolute atomic E-state index is 1.08. The van der Waals surface area contributed by atoms with Crippen LogP contribution >= 0.6 is 15.9 Å². The zero-order chi connectivity index (χ0) is 12.8. The van der Waals surface area contributed by atoms with Gasteiger partial charge in [-0.3, -0.25) is 0 Å². The van der Waals surface area contributed by atoms with Crippen LogP contribution in [-0.4, -0.2) is 30.5 Å². The maximum atomic E-state index is 3.51. The Balaban J connectivity index is 0.000000686. The SMILES string of the molecule is CC.CN(C)CCc1c[nH]c2ccc(Br)cc12. The van der Waals surface area contributed by atoms with Crippen LogP contribution in [0.3, 0.4) is 0 Å². The van der Waals surface area contributed by atoms with Crippen molar-refractivity contribution in [2.24, 2.45) is 0 Å². The quantitative estimate of drug-likeness (QED) is 0.905. The van der Waals surface area contributed by atoms with Crippen molar-refractivity contribution < 1.29 is 0 Å². The summed E-state index contributed by atoms with van der Waals surface area (Å²) < 4.78 is 1.14. The van der Waals surface area contributed by atoms with E-state index in [-0.39, 0.29) is 0 Å². The third-order valence-corrected chi connectivity index (χ3v) is 3.05. The Labute approximate surface area is 112 Å². The van der Waals surface area contributed by atoms with Crippen molar-refractivity contribution in [2.45, 2.75) is 20.3 Å². The minimum Gasteiger partial charge on any atom is -0.361 e. The number of hydrogen-bond donors (Lipinski definition) is 1. The Kier molecular flexibility index (Phi) is 5.72. The molecule has 1 aromatic carbocycles. The summed E-state index contributed by atoms with van der Waals surface area (Å²) >= 11 is 3.51. The van der Waals surface area contributed by atoms with Gasteiger partial charge in [-0.1, -0.05) is 29.8 Å². The van der Waals surface area contributed by atoms with Crippen LogP contribution < -0.4 is 0 Å². The van der Waals surface area contributed by atoms with Gasteiger partial charge in [0.2, 0.25) is 0 Å². The molecule has 2 aromatic rings. The third kappa shape index (κ3) is 3.86. The second kappa shape index (κ2) is 6.82. The Morgan fingerprint density at radius 2 is 1.94 bits per heavy atom. The van der Waals surface area contributed by atoms with Crippen LogP contribution in [0.15, 0.2) is 28.9 Å². The number of benzene rings is 1. The molecule has 0 atom stereocenters. The molecule has 0 saturated carbocycles. The predicted octanol–water partition coefficient (Wildman–Crippen LogP) is 4.06. The average molecular weight is 297 g/mol. The van der Waals surface area contributed by atoms with Gasteiger partial charge in [-0.25, -0.2) is 0 Å². The fraction of sp³-hybridized carbons (Fsp3) is 0.429. The summed E-state index contributed by atoms with van der Waals surface area (Å²) in [6.45, 7) is 5.08. The van der Waals surface area contributed by atoms with Gasteiger partial charge in [-0.2, -0.15) is 0 Å². The highest BCUT2D eigenvalue weighted by Crippen LogP contribution is 2.22. The topological polar surface area (TPSA) is 19.0 Å². The molecular formula is C14H21BrN2. The number of fused-ring (bicyclic) bond motifs is 1. The summed E-state index contributed by atoms with van der Waals surface area (Å²) in [5.41, 5.74) is 2.60. The van der Waals surface area contributed by atoms with Crippen molar-refractivity contribution in [1.82, 2.24) is 9.88 Å². The summed E-state index contributed by atoms with van der Waals surface area (Å²) in [6.07, 6.45) is 3.20. The Hall–Kier alpha value is -0.800. The fourth-order valence-corrected chi connectivity index (χ4v) is 2.06. The van der Waals surface area contributed by atoms with Crippen LogP contribution in [0.25, 0.3) is 10.9 Å². The molecule has 0 fully saturated rings. The molecule has 3 heteroatoms. The first-order valence-electron chi connectivity index (χ1n) is 6.07. The summed E-state index contributed by atoms with van der Waals surface area (Å²) in [5.74, 6) is 0. The Morgan fingerprint density at radius 1 is 1.24 bits per heavy atom. The first-order chi connectivity index (χ1) is 8.16. The van der Waals surface area contributed by atoms with Crippen LogP contribution in [0.2, 0.25) is 0 Å². The van der Waals surface area contributed by atoms with E-state index in [0.29, 0.717) is 0 Å². The third-order valence-electron chi connectivity index (χ3n) is 2.56. The first-order valence-corrected chi connectivity index (χ1v) is 6.86. The van der Waals surface area contributed by atoms with Gasteiger partial charge < -0.3 is 9.88 Å². The largest absolute Gasteiger partial charge is 0.361 e. The smallest absolute Gasteiger partial charge is 0.0457 e. The number of halogens is 1. The van der Waals surface area contributed by atoms with Crippen molar-refractivity contribution >= 4 is 26.8 Å². The van der Waals surface area contributed by atoms with Crippen molar-refractivity contribution in [1.29, 1.82) is 0 Å². The van der Waals surface area contributed by atoms with Crippen LogP contribution in [-0.2, 0) is 6.42 Å². The van der Waals surface area contributed by atoms with E-state index in [0.717, 1.165) is 17.4 Å². The van der Waals surface area contributed by atoms with Crippen LogP contribution in [0.5, 0.6) is 0 Å². The molecule has 0 amide bonds. The summed E-state index contributed by atoms with van der Waals surface area (Å²) in [4.78, 5) is 5.50. The van der Waals surface area contributed by atoms with Gasteiger partial charge in [-0.15, -0.1) is 0 Å². The van der Waals surface area contributed by atoms with E-state index in [1.807, 2.05) is 13.8 Å². The van der Waals surface area contributed by atoms with Gasteiger partial charge in [0.25, 0.3) is 0 Å². The molecule has 0 spiro atoms. The van der Waals surface area contributed by atoms with Crippen molar-refractivity contribution in [3.63, 3.8) is 0 Å². The zero-order valence-corrected chi connectivity index (χ0v) is 12.6. The number of nitrogens with zero attached hydrogens (tertiary/aromatic N) is 1. The molecule has 0 unspecified atom stereocenters. The van der Waals surface area contributed by atoms with Crippen molar-refractivity contribution in [3.8, 4) is 0 Å². The summed E-state index contributed by atoms with van der Waals surface area (Å²) in [5, 5.41) is 1.33. The van der Waals surface area contributed by atoms with Gasteiger partial charge >= 0.3 is 0 Å². The molecule has 17 heavy (non-hydrogen) atoms. The van der Waals surface area contributed by atoms with E-state index in [9.17, 15) is 0 Å². The van der Waals surface area contributed by atoms with E-state index < -0.39 is 0 Å². The normalized spacial score (nSPS) is 10.5. The lowest BCUT2D eigenvalue weighted by molar-refractivity contribution is 0.414. The predicted molar refractivity (Wildman–Crippen MR) is 79.6 cm³/mol. The highest BCUT2D eigenvalue weighted by Gasteiger charge is 2.04. The minimum atomic E-state index is 1.08. The standard InChI is InChI=1S/C12H15BrN2.C2H6/c1-15(2)6-5-9-8-14-12-4-3-10(13)7-11(9)12;1-2/h3-4,7-8,14H,5-6H2,1-2H3;1-2H3. The Bertz CT molecular complexity index is 460. The molecule has 1 aromatic heterocycles. The van der Waals surface area contributed by atoms with Gasteiger partial charge in [-0.05, 0) is 44.3 Å². The molecule has 0 bridgehead atoms. The molecule has 1 N–H and O–H groups in total. The van der Waals surface area contributed by atoms with E-state index in [1.54, 1.807) is 0 Å². The molecular weight excluding hydrogens is 276 g/mol. The number of rotatable bonds is 3. The molecule has 1 heterocycles. The van der Waals surface area contributed by atoms with E-state index in [1.165, 1.54) is 16.5 Å². The molecule has 0 saturated heterocycles. The highest BCUT2D eigenvalue weighted by molar-refractivity contribution is 9.10. The van der Waals surface area contributed by atoms with Gasteiger partial charge in [0, 0.05) is 28.1 Å². The number of hydrogen-bond acceptors (Lipinski definition) is 1. The van der Waals surface area contributed by atoms with Crippen LogP contribution in [0, 0.1) is 0 Å². The second-order valence-electron chi connectivity index (χ2n) is 4.06. The summed E-state index contributed by atoms with van der Waals surface area (Å²) in [6, 6.07) is 6.35. The monoisotopic (exact) mass is 296 g/mol. The lowest BCUT2D eigenvalue weighted by Crippen LogP contribution is -2.14. The van der Waals surface area contributed by atoms with E-state index in [4.69, 9.17) is 0 Å². The molecule has 2 nitrogen and oxygen atoms in total. The number of H-pyrrole nitrogens is 1. The number of aromatic amines is 1. The van der Waals surface area contributed by atoms with E-state index >= 15 is 0 Å². The average Bonchev–Trinajstić information content (AvgIpc) is 2.71. The van der Waals surface area contributed by atoms with Crippen LogP contribution in [0.4, 0.5) is 0 Å². The zero-order valence-electron chi connectivity index (χ0n) is 11.0. The molecule has 2 rings (SSSR count). The van der Waals surface area contributed by atoms with Gasteiger partial charge in [0.05, 0.1) is 0 Å². The maximum absolute atomic E-state index is 3.51. The molecule has 0 aliphatic rings. The number of likely N-dealkylation sites (N-methyl/N-ethyl adjacent to an activating group) is 1. The van der Waals surface area contributed by atoms with Crippen molar-refractivity contribution in [3.05, 3.63) is 34.4 Å². The van der Waals surface area contributed by atoms with Gasteiger partial charge in [0.1, 0.15) is 0 Å². The summed E-state index contributed by atoms with van der Waals surface area (Å²) in [7, 11) is 4.20. The number of aromatic nitrogens is 1. The lowest BCUT2D eigenvalue weighted by Gasteiger charge is -2.08. The van der Waals surface area contributed by atoms with Gasteiger partial charge in [0.15, 0.2) is 0 Å². The molecule has 94 valence electrons. The fourth-order valence-electron chi connectivity index (χ4n) is 1.70. The van der Waals surface area contributed by atoms with E-state index in [2.05, 4.69) is 64.3 Å². The first kappa shape index (κ1) is 14.3. The second-order valence-corrected chi connectivity index (χ2v) is 4.97. The maximum Gasteiger partial charge on any atom is 0.0457 e. The molecule has 0 aliphatic heterocycles.